The lowest BCUT2D eigenvalue weighted by Crippen LogP contribution is -2.65. The fourth-order valence-corrected chi connectivity index (χ4v) is 6.20. The van der Waals surface area contributed by atoms with Gasteiger partial charge in [0, 0.05) is 23.9 Å². The number of carbonyl (C=O) groups excluding carboxylic acids is 4. The number of hydrogen-bond acceptors (Lipinski definition) is 11. The molecule has 0 saturated heterocycles. The number of Topliss-reactive ketones (excluding diaryl/α,β-unsaturated/α-hetero) is 2. The standard InChI is InChI=1S/C27H30N6O8/c1-33(2)20-13-8-12-7-11-3-4-14(32-16(34)10-29-9-15-30-5-6-31-15)21(35)17(11)22(36)18(12)24(38)27(13,41)25(39)19(23(20)37)26(28)40/h3-6,12-13,20,29,35-36,39,41H,7-10H2,1-2H3,(H2,28,40)(H,30,31)(H,32,34)/t12?,13?,20-,27-/m0/s1. The van der Waals surface area contributed by atoms with Gasteiger partial charge in [0.1, 0.15) is 28.7 Å². The second-order valence-corrected chi connectivity index (χ2v) is 10.6. The molecule has 1 aromatic carbocycles. The van der Waals surface area contributed by atoms with E-state index in [1.165, 1.54) is 25.1 Å². The molecule has 1 heterocycles. The van der Waals surface area contributed by atoms with Gasteiger partial charge in [-0.2, -0.15) is 0 Å². The number of benzene rings is 1. The molecule has 14 nitrogen and oxygen atoms in total. The lowest BCUT2D eigenvalue weighted by Gasteiger charge is -2.50. The first kappa shape index (κ1) is 28.0. The van der Waals surface area contributed by atoms with Gasteiger partial charge in [0.25, 0.3) is 5.91 Å². The first-order chi connectivity index (χ1) is 19.4. The summed E-state index contributed by atoms with van der Waals surface area (Å²) in [4.78, 5) is 59.9. The van der Waals surface area contributed by atoms with E-state index in [1.807, 2.05) is 0 Å². The van der Waals surface area contributed by atoms with Crippen LogP contribution in [0.5, 0.6) is 5.75 Å². The van der Waals surface area contributed by atoms with E-state index in [0.717, 1.165) is 0 Å². The quantitative estimate of drug-likeness (QED) is 0.156. The lowest BCUT2D eigenvalue weighted by atomic mass is 9.57. The van der Waals surface area contributed by atoms with Crippen LogP contribution in [0.3, 0.4) is 0 Å². The Labute approximate surface area is 233 Å². The highest BCUT2D eigenvalue weighted by Crippen LogP contribution is 2.53. The number of carbonyl (C=O) groups is 4. The zero-order valence-electron chi connectivity index (χ0n) is 22.3. The zero-order valence-corrected chi connectivity index (χ0v) is 22.3. The predicted molar refractivity (Wildman–Crippen MR) is 143 cm³/mol. The van der Waals surface area contributed by atoms with Gasteiger partial charge in [-0.3, -0.25) is 24.1 Å². The number of amides is 2. The molecule has 41 heavy (non-hydrogen) atoms. The van der Waals surface area contributed by atoms with E-state index in [0.29, 0.717) is 17.9 Å². The fourth-order valence-electron chi connectivity index (χ4n) is 6.20. The maximum atomic E-state index is 13.9. The molecule has 2 aromatic rings. The van der Waals surface area contributed by atoms with Crippen LogP contribution in [-0.4, -0.2) is 91.0 Å². The van der Waals surface area contributed by atoms with Crippen molar-refractivity contribution in [2.45, 2.75) is 31.0 Å². The summed E-state index contributed by atoms with van der Waals surface area (Å²) in [6, 6.07) is 1.91. The van der Waals surface area contributed by atoms with Crippen molar-refractivity contribution in [1.29, 1.82) is 0 Å². The van der Waals surface area contributed by atoms with E-state index in [-0.39, 0.29) is 36.2 Å². The molecular formula is C27H30N6O8. The molecule has 0 aliphatic heterocycles. The number of aromatic nitrogens is 2. The molecular weight excluding hydrogens is 536 g/mol. The Hall–Kier alpha value is -4.53. The number of aliphatic hydroxyl groups is 3. The number of aromatic hydroxyl groups is 1. The minimum atomic E-state index is -2.72. The van der Waals surface area contributed by atoms with E-state index in [4.69, 9.17) is 5.73 Å². The SMILES string of the molecule is CN(C)[C@@H]1C(=O)C(C(N)=O)=C(O)[C@@]2(O)C(=O)C3=C(O)c4c(ccc(NC(=O)CNCc5ncc[nH]5)c4O)CC3CC12. The van der Waals surface area contributed by atoms with Crippen molar-refractivity contribution < 1.29 is 39.6 Å². The van der Waals surface area contributed by atoms with Crippen LogP contribution in [0.2, 0.25) is 0 Å². The van der Waals surface area contributed by atoms with Gasteiger partial charge in [-0.1, -0.05) is 6.07 Å². The maximum Gasteiger partial charge on any atom is 0.255 e. The summed E-state index contributed by atoms with van der Waals surface area (Å²) >= 11 is 0. The van der Waals surface area contributed by atoms with Gasteiger partial charge in [-0.05, 0) is 44.5 Å². The molecule has 0 bridgehead atoms. The topological polar surface area (TPSA) is 231 Å². The van der Waals surface area contributed by atoms with Crippen molar-refractivity contribution in [3.05, 3.63) is 58.4 Å². The van der Waals surface area contributed by atoms with Crippen LogP contribution in [0, 0.1) is 11.8 Å². The molecule has 5 rings (SSSR count). The van der Waals surface area contributed by atoms with Crippen LogP contribution in [0.1, 0.15) is 23.4 Å². The van der Waals surface area contributed by atoms with E-state index < -0.39 is 69.7 Å². The van der Waals surface area contributed by atoms with Crippen molar-refractivity contribution in [2.75, 3.05) is 26.0 Å². The smallest absolute Gasteiger partial charge is 0.255 e. The number of imidazole rings is 1. The van der Waals surface area contributed by atoms with Gasteiger partial charge in [-0.15, -0.1) is 0 Å². The number of likely N-dealkylation sites (N-methyl/N-ethyl adjacent to an activating group) is 1. The van der Waals surface area contributed by atoms with Gasteiger partial charge in [-0.25, -0.2) is 4.98 Å². The average Bonchev–Trinajstić information content (AvgIpc) is 3.41. The van der Waals surface area contributed by atoms with Crippen molar-refractivity contribution in [1.82, 2.24) is 20.2 Å². The normalized spacial score (nSPS) is 25.6. The minimum Gasteiger partial charge on any atom is -0.508 e. The van der Waals surface area contributed by atoms with Crippen molar-refractivity contribution in [3.8, 4) is 5.75 Å². The van der Waals surface area contributed by atoms with Crippen LogP contribution in [-0.2, 0) is 32.1 Å². The van der Waals surface area contributed by atoms with Gasteiger partial charge >= 0.3 is 0 Å². The Kier molecular flexibility index (Phi) is 6.93. The number of aliphatic hydroxyl groups excluding tert-OH is 2. The third-order valence-corrected chi connectivity index (χ3v) is 8.00. The molecule has 2 unspecified atom stereocenters. The number of anilines is 1. The van der Waals surface area contributed by atoms with Crippen LogP contribution in [0.25, 0.3) is 5.76 Å². The molecule has 4 atom stereocenters. The molecule has 216 valence electrons. The van der Waals surface area contributed by atoms with Crippen molar-refractivity contribution in [3.63, 3.8) is 0 Å². The molecule has 1 fully saturated rings. The minimum absolute atomic E-state index is 0.00759. The zero-order chi connectivity index (χ0) is 29.8. The Balaban J connectivity index is 1.49. The second kappa shape index (κ2) is 10.1. The van der Waals surface area contributed by atoms with E-state index in [2.05, 4.69) is 20.6 Å². The second-order valence-electron chi connectivity index (χ2n) is 10.6. The highest BCUT2D eigenvalue weighted by Gasteiger charge is 2.64. The van der Waals surface area contributed by atoms with E-state index >= 15 is 0 Å². The van der Waals surface area contributed by atoms with E-state index in [9.17, 15) is 39.6 Å². The summed E-state index contributed by atoms with van der Waals surface area (Å²) < 4.78 is 0. The molecule has 1 saturated carbocycles. The molecule has 0 radical (unpaired) electrons. The highest BCUT2D eigenvalue weighted by atomic mass is 16.3. The third-order valence-electron chi connectivity index (χ3n) is 8.00. The summed E-state index contributed by atoms with van der Waals surface area (Å²) in [6.07, 6.45) is 3.37. The maximum absolute atomic E-state index is 13.9. The molecule has 3 aliphatic carbocycles. The molecule has 3 aliphatic rings. The number of phenols is 1. The first-order valence-electron chi connectivity index (χ1n) is 12.9. The predicted octanol–water partition coefficient (Wildman–Crippen LogP) is -0.585. The van der Waals surface area contributed by atoms with Crippen molar-refractivity contribution >= 4 is 34.8 Å². The summed E-state index contributed by atoms with van der Waals surface area (Å²) in [6.45, 7) is 0.189. The van der Waals surface area contributed by atoms with Crippen LogP contribution in [0.15, 0.2) is 41.4 Å². The molecule has 0 spiro atoms. The van der Waals surface area contributed by atoms with Crippen LogP contribution in [0.4, 0.5) is 5.69 Å². The number of nitrogens with one attached hydrogen (secondary N) is 3. The number of hydrogen-bond donors (Lipinski definition) is 8. The summed E-state index contributed by atoms with van der Waals surface area (Å²) in [5.74, 6) is -7.18. The number of fused-ring (bicyclic) bond motifs is 3. The van der Waals surface area contributed by atoms with Gasteiger partial charge < -0.3 is 41.8 Å². The van der Waals surface area contributed by atoms with Crippen LogP contribution >= 0.6 is 0 Å². The Bertz CT molecular complexity index is 1530. The monoisotopic (exact) mass is 566 g/mol. The third kappa shape index (κ3) is 4.36. The number of ketones is 2. The molecule has 2 amide bonds. The summed E-state index contributed by atoms with van der Waals surface area (Å²) in [5, 5.41) is 50.3. The Morgan fingerprint density at radius 2 is 1.95 bits per heavy atom. The summed E-state index contributed by atoms with van der Waals surface area (Å²) in [5.41, 5.74) is 1.82. The van der Waals surface area contributed by atoms with Gasteiger partial charge in [0.05, 0.1) is 30.4 Å². The number of H-pyrrole nitrogens is 1. The Morgan fingerprint density at radius 1 is 1.22 bits per heavy atom. The summed E-state index contributed by atoms with van der Waals surface area (Å²) in [7, 11) is 3.07. The number of nitrogens with zero attached hydrogens (tertiary/aromatic N) is 2. The van der Waals surface area contributed by atoms with Crippen molar-refractivity contribution in [2.24, 2.45) is 17.6 Å². The number of phenolic OH excluding ortho intramolecular Hbond substituents is 1. The average molecular weight is 567 g/mol. The number of rotatable bonds is 7. The van der Waals surface area contributed by atoms with E-state index in [1.54, 1.807) is 18.5 Å². The van der Waals surface area contributed by atoms with Gasteiger partial charge in [0.15, 0.2) is 11.4 Å². The van der Waals surface area contributed by atoms with Crippen LogP contribution < -0.4 is 16.4 Å². The highest BCUT2D eigenvalue weighted by molar-refractivity contribution is 6.24. The Morgan fingerprint density at radius 3 is 2.59 bits per heavy atom. The lowest BCUT2D eigenvalue weighted by molar-refractivity contribution is -0.153. The molecule has 1 aromatic heterocycles. The van der Waals surface area contributed by atoms with Gasteiger partial charge in [0.2, 0.25) is 11.7 Å². The first-order valence-corrected chi connectivity index (χ1v) is 12.9. The fraction of sp³-hybridized carbons (Fsp3) is 0.370. The number of primary amides is 1. The largest absolute Gasteiger partial charge is 0.508 e. The molecule has 14 heteroatoms. The number of nitrogens with two attached hydrogens (primary N) is 1. The molecule has 9 N–H and O–H groups in total. The number of aromatic amines is 1.